The van der Waals surface area contributed by atoms with Gasteiger partial charge in [0, 0.05) is 29.8 Å². The zero-order valence-electron chi connectivity index (χ0n) is 24.4. The molecular formula is C31H32ClF3N8O2. The van der Waals surface area contributed by atoms with Crippen molar-refractivity contribution >= 4 is 45.3 Å². The largest absolute Gasteiger partial charge is 0.489 e. The molecule has 9 rings (SSSR count). The molecule has 7 heterocycles. The summed E-state index contributed by atoms with van der Waals surface area (Å²) >= 11 is 7.03. The summed E-state index contributed by atoms with van der Waals surface area (Å²) < 4.78 is 58.3. The lowest BCUT2D eigenvalue weighted by molar-refractivity contribution is 0.0770. The van der Waals surface area contributed by atoms with Gasteiger partial charge in [-0.1, -0.05) is 23.7 Å². The van der Waals surface area contributed by atoms with Crippen LogP contribution in [-0.4, -0.2) is 80.9 Å². The summed E-state index contributed by atoms with van der Waals surface area (Å²) in [5.41, 5.74) is 6.15. The molecule has 3 N–H and O–H groups in total. The fourth-order valence-electron chi connectivity index (χ4n) is 8.59. The van der Waals surface area contributed by atoms with Gasteiger partial charge in [0.1, 0.15) is 24.5 Å². The predicted molar refractivity (Wildman–Crippen MR) is 164 cm³/mol. The number of hydrogen-bond donors (Lipinski definition) is 2. The van der Waals surface area contributed by atoms with E-state index in [1.165, 1.54) is 6.07 Å². The van der Waals surface area contributed by atoms with E-state index in [4.69, 9.17) is 31.8 Å². The summed E-state index contributed by atoms with van der Waals surface area (Å²) in [5.74, 6) is -0.322. The van der Waals surface area contributed by atoms with E-state index in [2.05, 4.69) is 25.1 Å². The number of fused-ring (bicyclic) bond motifs is 7. The molecule has 4 fully saturated rings. The second kappa shape index (κ2) is 9.97. The van der Waals surface area contributed by atoms with E-state index in [9.17, 15) is 8.78 Å². The number of ether oxygens (including phenoxy) is 2. The van der Waals surface area contributed by atoms with Gasteiger partial charge >= 0.3 is 12.6 Å². The van der Waals surface area contributed by atoms with Crippen molar-refractivity contribution < 1.29 is 22.6 Å². The summed E-state index contributed by atoms with van der Waals surface area (Å²) in [4.78, 5) is 18.5. The predicted octanol–water partition coefficient (Wildman–Crippen LogP) is 5.13. The number of anilines is 2. The van der Waals surface area contributed by atoms with Crippen LogP contribution in [0.25, 0.3) is 33.1 Å². The van der Waals surface area contributed by atoms with Gasteiger partial charge in [-0.25, -0.2) is 9.37 Å². The van der Waals surface area contributed by atoms with Crippen LogP contribution in [0.1, 0.15) is 45.1 Å². The Hall–Kier alpha value is -3.55. The number of aromatic nitrogens is 4. The van der Waals surface area contributed by atoms with Crippen molar-refractivity contribution in [1.29, 1.82) is 0 Å². The van der Waals surface area contributed by atoms with Crippen molar-refractivity contribution in [2.24, 2.45) is 0 Å². The highest BCUT2D eigenvalue weighted by molar-refractivity contribution is 6.37. The minimum atomic E-state index is -2.93. The number of halogens is 4. The number of nitrogens with two attached hydrogens (primary N) is 1. The van der Waals surface area contributed by atoms with Crippen LogP contribution in [0, 0.1) is 5.82 Å². The molecule has 3 atom stereocenters. The maximum Gasteiger partial charge on any atom is 0.321 e. The first-order valence-electron chi connectivity index (χ1n) is 15.6. The SMILES string of the molecule is Nc1nc2c(-c3c(Cl)c4c5c(nc(OCC67CCCN6CCC7)nc5c3F)N3CC5CCC(N5)C3CO4)cccc2n1C(F)F. The van der Waals surface area contributed by atoms with Gasteiger partial charge in [-0.05, 0) is 57.7 Å². The fraction of sp³-hybridized carbons (Fsp3) is 0.516. The van der Waals surface area contributed by atoms with Crippen LogP contribution in [0.3, 0.4) is 0 Å². The summed E-state index contributed by atoms with van der Waals surface area (Å²) in [6, 6.07) is 5.09. The van der Waals surface area contributed by atoms with E-state index in [1.54, 1.807) is 12.1 Å². The number of nitrogens with one attached hydrogen (secondary N) is 1. The normalized spacial score (nSPS) is 25.2. The topological polar surface area (TPSA) is 107 Å². The van der Waals surface area contributed by atoms with E-state index in [-0.39, 0.29) is 74.1 Å². The number of hydrogen-bond acceptors (Lipinski definition) is 9. The number of nitrogens with zero attached hydrogens (tertiary/aromatic N) is 6. The van der Waals surface area contributed by atoms with Crippen LogP contribution in [0.2, 0.25) is 5.02 Å². The van der Waals surface area contributed by atoms with Gasteiger partial charge in [-0.2, -0.15) is 18.7 Å². The van der Waals surface area contributed by atoms with Crippen LogP contribution >= 0.6 is 11.6 Å². The van der Waals surface area contributed by atoms with Gasteiger partial charge in [0.05, 0.1) is 33.0 Å². The highest BCUT2D eigenvalue weighted by Crippen LogP contribution is 2.50. The minimum absolute atomic E-state index is 0.000550. The third-order valence-corrected chi connectivity index (χ3v) is 11.0. The number of nitrogen functional groups attached to an aromatic ring is 1. The van der Waals surface area contributed by atoms with Gasteiger partial charge in [-0.3, -0.25) is 9.47 Å². The van der Waals surface area contributed by atoms with E-state index in [0.717, 1.165) is 51.6 Å². The lowest BCUT2D eigenvalue weighted by Crippen LogP contribution is -2.60. The minimum Gasteiger partial charge on any atom is -0.489 e. The van der Waals surface area contributed by atoms with Crippen LogP contribution < -0.4 is 25.4 Å². The van der Waals surface area contributed by atoms with Crippen molar-refractivity contribution in [3.63, 3.8) is 0 Å². The van der Waals surface area contributed by atoms with Crippen molar-refractivity contribution in [3.8, 4) is 22.9 Å². The van der Waals surface area contributed by atoms with Crippen LogP contribution in [-0.2, 0) is 0 Å². The summed E-state index contributed by atoms with van der Waals surface area (Å²) in [5, 5.41) is 4.06. The average Bonchev–Trinajstić information content (AvgIpc) is 3.76. The monoisotopic (exact) mass is 640 g/mol. The lowest BCUT2D eigenvalue weighted by Gasteiger charge is -2.40. The first-order valence-corrected chi connectivity index (χ1v) is 16.0. The number of para-hydroxylation sites is 1. The van der Waals surface area contributed by atoms with Crippen LogP contribution in [0.5, 0.6) is 11.8 Å². The first-order chi connectivity index (χ1) is 21.8. The summed E-state index contributed by atoms with van der Waals surface area (Å²) in [6.07, 6.45) is 6.35. The third-order valence-electron chi connectivity index (χ3n) is 10.7. The van der Waals surface area contributed by atoms with Gasteiger partial charge < -0.3 is 25.4 Å². The fourth-order valence-corrected chi connectivity index (χ4v) is 8.92. The zero-order chi connectivity index (χ0) is 30.6. The van der Waals surface area contributed by atoms with Crippen molar-refractivity contribution in [2.45, 2.75) is 68.7 Å². The second-order valence-corrected chi connectivity index (χ2v) is 13.3. The number of alkyl halides is 2. The van der Waals surface area contributed by atoms with E-state index < -0.39 is 12.4 Å². The maximum atomic E-state index is 17.0. The molecule has 5 aliphatic rings. The molecule has 3 unspecified atom stereocenters. The van der Waals surface area contributed by atoms with Crippen molar-refractivity contribution in [3.05, 3.63) is 29.0 Å². The number of benzene rings is 2. The summed E-state index contributed by atoms with van der Waals surface area (Å²) in [6.45, 7) is 0.564. The Bertz CT molecular complexity index is 1860. The van der Waals surface area contributed by atoms with Crippen LogP contribution in [0.15, 0.2) is 18.2 Å². The molecule has 0 radical (unpaired) electrons. The summed E-state index contributed by atoms with van der Waals surface area (Å²) in [7, 11) is 0. The molecule has 4 aromatic rings. The quantitative estimate of drug-likeness (QED) is 0.307. The van der Waals surface area contributed by atoms with Crippen molar-refractivity contribution in [1.82, 2.24) is 29.7 Å². The van der Waals surface area contributed by atoms with E-state index in [0.29, 0.717) is 35.5 Å². The third kappa shape index (κ3) is 3.99. The molecule has 14 heteroatoms. The molecule has 2 bridgehead atoms. The smallest absolute Gasteiger partial charge is 0.321 e. The molecule has 4 saturated heterocycles. The Morgan fingerprint density at radius 2 is 1.96 bits per heavy atom. The highest BCUT2D eigenvalue weighted by Gasteiger charge is 2.46. The second-order valence-electron chi connectivity index (χ2n) is 13.0. The van der Waals surface area contributed by atoms with E-state index in [1.807, 2.05) is 0 Å². The number of imidazole rings is 1. The molecular weight excluding hydrogens is 609 g/mol. The lowest BCUT2D eigenvalue weighted by atomic mass is 9.95. The standard InChI is InChI=1S/C31H32ClF3N8O2/c32-22-20(16-4-1-5-18-24(16)38-29(36)43(18)28(34)35)23(33)25-21-26(22)44-13-19-17-7-6-15(37-17)12-42(19)27(21)40-30(39-25)45-14-31-8-2-10-41(31)11-3-9-31/h1,4-5,15,17,19,28,37H,2-3,6-14H2,(H2,36,38). The first kappa shape index (κ1) is 27.7. The molecule has 0 saturated carbocycles. The molecule has 0 amide bonds. The molecule has 5 aliphatic heterocycles. The van der Waals surface area contributed by atoms with Gasteiger partial charge in [-0.15, -0.1) is 0 Å². The van der Waals surface area contributed by atoms with E-state index >= 15 is 4.39 Å². The Morgan fingerprint density at radius 1 is 1.13 bits per heavy atom. The molecule has 236 valence electrons. The van der Waals surface area contributed by atoms with Gasteiger partial charge in [0.15, 0.2) is 11.6 Å². The molecule has 0 spiro atoms. The molecule has 2 aromatic heterocycles. The number of piperazine rings is 1. The zero-order valence-corrected chi connectivity index (χ0v) is 25.2. The van der Waals surface area contributed by atoms with Crippen LogP contribution in [0.4, 0.5) is 24.9 Å². The molecule has 0 aliphatic carbocycles. The Morgan fingerprint density at radius 3 is 2.76 bits per heavy atom. The molecule has 2 aromatic carbocycles. The Kier molecular flexibility index (Phi) is 6.15. The van der Waals surface area contributed by atoms with Crippen molar-refractivity contribution in [2.75, 3.05) is 43.5 Å². The highest BCUT2D eigenvalue weighted by atomic mass is 35.5. The van der Waals surface area contributed by atoms with Gasteiger partial charge in [0.2, 0.25) is 5.95 Å². The maximum absolute atomic E-state index is 17.0. The number of rotatable bonds is 5. The average molecular weight is 641 g/mol. The Labute approximate surface area is 261 Å². The molecule has 45 heavy (non-hydrogen) atoms. The Balaban J connectivity index is 1.25. The molecule has 10 nitrogen and oxygen atoms in total. The van der Waals surface area contributed by atoms with Gasteiger partial charge in [0.25, 0.3) is 0 Å².